The fourth-order valence-corrected chi connectivity index (χ4v) is 3.41. The van der Waals surface area contributed by atoms with E-state index in [-0.39, 0.29) is 12.0 Å². The third-order valence-corrected chi connectivity index (χ3v) is 4.94. The summed E-state index contributed by atoms with van der Waals surface area (Å²) >= 11 is 3.52. The first kappa shape index (κ1) is 14.9. The number of carbonyl (C=O) groups is 1. The molecule has 2 N–H and O–H groups in total. The topological polar surface area (TPSA) is 58.6 Å². The molecule has 0 aromatic heterocycles. The van der Waals surface area contributed by atoms with Crippen LogP contribution in [0.5, 0.6) is 5.75 Å². The van der Waals surface area contributed by atoms with Crippen LogP contribution < -0.4 is 10.1 Å². The monoisotopic (exact) mass is 353 g/mol. The molecule has 1 aliphatic heterocycles. The molecule has 21 heavy (non-hydrogen) atoms. The molecule has 1 saturated heterocycles. The highest BCUT2D eigenvalue weighted by Crippen LogP contribution is 2.33. The molecule has 0 bridgehead atoms. The Kier molecular flexibility index (Phi) is 4.50. The lowest BCUT2D eigenvalue weighted by Gasteiger charge is -2.25. The number of carboxylic acids is 1. The molecule has 2 unspecified atom stereocenters. The molecule has 1 saturated carbocycles. The van der Waals surface area contributed by atoms with Gasteiger partial charge in [-0.1, -0.05) is 22.4 Å². The standard InChI is InChI=1S/C16H20BrNO3/c17-13-4-11(15-6-12(8-18-15)16(19)20)5-14(7-13)21-9-10-2-1-3-10/h4-5,7,10,12,15,18H,1-3,6,8-9H2,(H,19,20). The van der Waals surface area contributed by atoms with Gasteiger partial charge in [-0.05, 0) is 48.9 Å². The molecule has 0 amide bonds. The first-order valence-electron chi connectivity index (χ1n) is 7.51. The second-order valence-corrected chi connectivity index (χ2v) is 6.98. The first-order chi connectivity index (χ1) is 10.1. The van der Waals surface area contributed by atoms with E-state index in [4.69, 9.17) is 9.84 Å². The van der Waals surface area contributed by atoms with E-state index in [1.165, 1.54) is 19.3 Å². The van der Waals surface area contributed by atoms with Crippen molar-refractivity contribution in [3.63, 3.8) is 0 Å². The minimum absolute atomic E-state index is 0.0923. The number of rotatable bonds is 5. The molecule has 4 nitrogen and oxygen atoms in total. The van der Waals surface area contributed by atoms with Gasteiger partial charge in [0.1, 0.15) is 5.75 Å². The summed E-state index contributed by atoms with van der Waals surface area (Å²) in [6.07, 6.45) is 4.49. The Hall–Kier alpha value is -1.07. The molecule has 2 fully saturated rings. The Bertz CT molecular complexity index is 530. The maximum absolute atomic E-state index is 11.1. The van der Waals surface area contributed by atoms with Gasteiger partial charge in [0.25, 0.3) is 0 Å². The molecular weight excluding hydrogens is 334 g/mol. The Balaban J connectivity index is 1.67. The minimum atomic E-state index is -0.721. The van der Waals surface area contributed by atoms with Crippen molar-refractivity contribution in [2.24, 2.45) is 11.8 Å². The van der Waals surface area contributed by atoms with E-state index in [1.54, 1.807) is 0 Å². The predicted octanol–water partition coefficient (Wildman–Crippen LogP) is 3.36. The zero-order valence-corrected chi connectivity index (χ0v) is 13.4. The fraction of sp³-hybridized carbons (Fsp3) is 0.562. The average Bonchev–Trinajstić information content (AvgIpc) is 2.86. The van der Waals surface area contributed by atoms with Gasteiger partial charge in [-0.2, -0.15) is 0 Å². The smallest absolute Gasteiger partial charge is 0.307 e. The van der Waals surface area contributed by atoms with Crippen LogP contribution in [0.25, 0.3) is 0 Å². The maximum Gasteiger partial charge on any atom is 0.307 e. The molecule has 0 radical (unpaired) electrons. The quantitative estimate of drug-likeness (QED) is 0.851. The van der Waals surface area contributed by atoms with Crippen molar-refractivity contribution in [2.45, 2.75) is 31.7 Å². The van der Waals surface area contributed by atoms with Crippen molar-refractivity contribution < 1.29 is 14.6 Å². The average molecular weight is 354 g/mol. The van der Waals surface area contributed by atoms with Crippen LogP contribution in [0.4, 0.5) is 0 Å². The van der Waals surface area contributed by atoms with Crippen molar-refractivity contribution in [3.8, 4) is 5.75 Å². The van der Waals surface area contributed by atoms with Gasteiger partial charge in [0.15, 0.2) is 0 Å². The van der Waals surface area contributed by atoms with E-state index in [9.17, 15) is 4.79 Å². The molecule has 1 heterocycles. The van der Waals surface area contributed by atoms with Gasteiger partial charge >= 0.3 is 5.97 Å². The van der Waals surface area contributed by atoms with Gasteiger partial charge in [0.2, 0.25) is 0 Å². The molecule has 2 atom stereocenters. The number of carboxylic acid groups (broad SMARTS) is 1. The van der Waals surface area contributed by atoms with Gasteiger partial charge in [0, 0.05) is 17.1 Å². The lowest BCUT2D eigenvalue weighted by Crippen LogP contribution is -2.19. The molecule has 1 aliphatic carbocycles. The lowest BCUT2D eigenvalue weighted by molar-refractivity contribution is -0.141. The van der Waals surface area contributed by atoms with Crippen LogP contribution in [-0.4, -0.2) is 24.2 Å². The van der Waals surface area contributed by atoms with Crippen LogP contribution in [0.15, 0.2) is 22.7 Å². The molecule has 1 aromatic rings. The molecular formula is C16H20BrNO3. The Morgan fingerprint density at radius 3 is 2.81 bits per heavy atom. The van der Waals surface area contributed by atoms with Crippen LogP contribution in [0.1, 0.15) is 37.3 Å². The fourth-order valence-electron chi connectivity index (χ4n) is 2.92. The van der Waals surface area contributed by atoms with Crippen LogP contribution in [0.2, 0.25) is 0 Å². The second-order valence-electron chi connectivity index (χ2n) is 6.06. The zero-order valence-electron chi connectivity index (χ0n) is 11.8. The molecule has 0 spiro atoms. The van der Waals surface area contributed by atoms with Gasteiger partial charge in [0.05, 0.1) is 12.5 Å². The van der Waals surface area contributed by atoms with Crippen molar-refractivity contribution in [2.75, 3.05) is 13.2 Å². The van der Waals surface area contributed by atoms with E-state index < -0.39 is 5.97 Å². The first-order valence-corrected chi connectivity index (χ1v) is 8.30. The van der Waals surface area contributed by atoms with Crippen molar-refractivity contribution in [3.05, 3.63) is 28.2 Å². The molecule has 2 aliphatic rings. The number of ether oxygens (including phenoxy) is 1. The summed E-state index contributed by atoms with van der Waals surface area (Å²) in [5.41, 5.74) is 1.09. The van der Waals surface area contributed by atoms with E-state index in [2.05, 4.69) is 21.2 Å². The summed E-state index contributed by atoms with van der Waals surface area (Å²) in [7, 11) is 0. The van der Waals surface area contributed by atoms with E-state index in [0.29, 0.717) is 18.9 Å². The van der Waals surface area contributed by atoms with Gasteiger partial charge in [-0.25, -0.2) is 0 Å². The normalized spacial score (nSPS) is 25.6. The summed E-state index contributed by atoms with van der Waals surface area (Å²) in [5.74, 6) is 0.551. The molecule has 1 aromatic carbocycles. The maximum atomic E-state index is 11.1. The van der Waals surface area contributed by atoms with Crippen molar-refractivity contribution in [1.29, 1.82) is 0 Å². The predicted molar refractivity (Wildman–Crippen MR) is 83.5 cm³/mol. The number of hydrogen-bond acceptors (Lipinski definition) is 3. The Morgan fingerprint density at radius 1 is 1.38 bits per heavy atom. The van der Waals surface area contributed by atoms with Crippen LogP contribution in [-0.2, 0) is 4.79 Å². The van der Waals surface area contributed by atoms with Crippen LogP contribution in [0, 0.1) is 11.8 Å². The Labute approximate surface area is 133 Å². The highest BCUT2D eigenvalue weighted by Gasteiger charge is 2.30. The summed E-state index contributed by atoms with van der Waals surface area (Å²) < 4.78 is 6.87. The SMILES string of the molecule is O=C(O)C1CNC(c2cc(Br)cc(OCC3CCC3)c2)C1. The van der Waals surface area contributed by atoms with E-state index in [0.717, 1.165) is 22.4 Å². The molecule has 5 heteroatoms. The highest BCUT2D eigenvalue weighted by atomic mass is 79.9. The molecule has 114 valence electrons. The zero-order chi connectivity index (χ0) is 14.8. The van der Waals surface area contributed by atoms with Gasteiger partial charge < -0.3 is 15.2 Å². The van der Waals surface area contributed by atoms with Crippen molar-refractivity contribution >= 4 is 21.9 Å². The summed E-state index contributed by atoms with van der Waals surface area (Å²) in [5, 5.41) is 12.4. The van der Waals surface area contributed by atoms with Crippen LogP contribution in [0.3, 0.4) is 0 Å². The number of nitrogens with one attached hydrogen (secondary N) is 1. The third kappa shape index (κ3) is 3.58. The van der Waals surface area contributed by atoms with Crippen molar-refractivity contribution in [1.82, 2.24) is 5.32 Å². The Morgan fingerprint density at radius 2 is 2.19 bits per heavy atom. The number of hydrogen-bond donors (Lipinski definition) is 2. The second kappa shape index (κ2) is 6.36. The van der Waals surface area contributed by atoms with Gasteiger partial charge in [-0.3, -0.25) is 4.79 Å². The lowest BCUT2D eigenvalue weighted by atomic mass is 9.86. The third-order valence-electron chi connectivity index (χ3n) is 4.49. The molecule has 3 rings (SSSR count). The van der Waals surface area contributed by atoms with E-state index in [1.807, 2.05) is 18.2 Å². The largest absolute Gasteiger partial charge is 0.493 e. The van der Waals surface area contributed by atoms with E-state index >= 15 is 0 Å². The van der Waals surface area contributed by atoms with Gasteiger partial charge in [-0.15, -0.1) is 0 Å². The number of benzene rings is 1. The summed E-state index contributed by atoms with van der Waals surface area (Å²) in [4.78, 5) is 11.1. The number of halogens is 1. The highest BCUT2D eigenvalue weighted by molar-refractivity contribution is 9.10. The van der Waals surface area contributed by atoms with Crippen LogP contribution >= 0.6 is 15.9 Å². The minimum Gasteiger partial charge on any atom is -0.493 e. The number of aliphatic carboxylic acids is 1. The summed E-state index contributed by atoms with van der Waals surface area (Å²) in [6, 6.07) is 6.14. The summed E-state index contributed by atoms with van der Waals surface area (Å²) in [6.45, 7) is 1.32.